The summed E-state index contributed by atoms with van der Waals surface area (Å²) in [6.07, 6.45) is 0.381. The fraction of sp³-hybridized carbons (Fsp3) is 0.833. The van der Waals surface area contributed by atoms with Gasteiger partial charge in [0.05, 0.1) is 11.5 Å². The van der Waals surface area contributed by atoms with Gasteiger partial charge >= 0.3 is 11.8 Å². The fourth-order valence-electron chi connectivity index (χ4n) is 2.66. The van der Waals surface area contributed by atoms with Crippen LogP contribution in [0.25, 0.3) is 0 Å². The van der Waals surface area contributed by atoms with Gasteiger partial charge in [-0.05, 0) is 6.42 Å². The molecule has 2 fully saturated rings. The second-order valence-electron chi connectivity index (χ2n) is 5.50. The molecule has 21 heavy (non-hydrogen) atoms. The van der Waals surface area contributed by atoms with Crippen molar-refractivity contribution in [1.82, 2.24) is 15.1 Å². The van der Waals surface area contributed by atoms with Crippen LogP contribution in [0.5, 0.6) is 0 Å². The summed E-state index contributed by atoms with van der Waals surface area (Å²) >= 11 is 0. The zero-order valence-electron chi connectivity index (χ0n) is 12.0. The highest BCUT2D eigenvalue weighted by atomic mass is 32.2. The minimum Gasteiger partial charge on any atom is -0.344 e. The Bertz CT molecular complexity index is 499. The number of nitrogens with zero attached hydrogens (tertiary/aromatic N) is 2. The van der Waals surface area contributed by atoms with E-state index in [0.29, 0.717) is 39.1 Å². The first kappa shape index (κ1) is 16.2. The van der Waals surface area contributed by atoms with Crippen LogP contribution < -0.4 is 11.1 Å². The molecule has 0 saturated carbocycles. The zero-order valence-corrected chi connectivity index (χ0v) is 12.8. The van der Waals surface area contributed by atoms with Gasteiger partial charge in [0, 0.05) is 45.3 Å². The van der Waals surface area contributed by atoms with Gasteiger partial charge < -0.3 is 16.0 Å². The van der Waals surface area contributed by atoms with E-state index >= 15 is 0 Å². The van der Waals surface area contributed by atoms with Crippen LogP contribution in [0.4, 0.5) is 0 Å². The lowest BCUT2D eigenvalue weighted by Gasteiger charge is -2.34. The summed E-state index contributed by atoms with van der Waals surface area (Å²) in [7, 11) is -3.06. The highest BCUT2D eigenvalue weighted by molar-refractivity contribution is 7.91. The van der Waals surface area contributed by atoms with E-state index in [9.17, 15) is 18.0 Å². The first-order chi connectivity index (χ1) is 9.91. The number of nitrogens with two attached hydrogens (primary N) is 1. The number of hydrogen-bond acceptors (Lipinski definition) is 6. The van der Waals surface area contributed by atoms with E-state index in [1.807, 2.05) is 0 Å². The lowest BCUT2D eigenvalue weighted by atomic mass is 10.2. The number of hydrogen-bond donors (Lipinski definition) is 2. The lowest BCUT2D eigenvalue weighted by Crippen LogP contribution is -2.54. The molecule has 0 aromatic heterocycles. The second kappa shape index (κ2) is 6.71. The molecule has 2 saturated heterocycles. The van der Waals surface area contributed by atoms with Gasteiger partial charge in [0.2, 0.25) is 0 Å². The molecule has 0 aromatic carbocycles. The van der Waals surface area contributed by atoms with Gasteiger partial charge in [0.1, 0.15) is 0 Å². The number of amides is 2. The highest BCUT2D eigenvalue weighted by Crippen LogP contribution is 2.11. The van der Waals surface area contributed by atoms with Gasteiger partial charge in [0.25, 0.3) is 0 Å². The van der Waals surface area contributed by atoms with Crippen molar-refractivity contribution in [2.75, 3.05) is 50.8 Å². The number of carbonyl (C=O) groups is 2. The molecule has 9 heteroatoms. The van der Waals surface area contributed by atoms with E-state index in [1.165, 1.54) is 4.90 Å². The summed E-state index contributed by atoms with van der Waals surface area (Å²) in [4.78, 5) is 27.6. The molecule has 1 atom stereocenters. The van der Waals surface area contributed by atoms with Crippen molar-refractivity contribution >= 4 is 21.7 Å². The molecule has 0 aliphatic carbocycles. The monoisotopic (exact) mass is 318 g/mol. The number of carbonyl (C=O) groups excluding carboxylic acids is 2. The molecule has 0 aromatic rings. The maximum absolute atomic E-state index is 12.0. The van der Waals surface area contributed by atoms with Crippen molar-refractivity contribution in [2.45, 2.75) is 12.5 Å². The van der Waals surface area contributed by atoms with E-state index in [4.69, 9.17) is 5.73 Å². The van der Waals surface area contributed by atoms with E-state index in [1.54, 1.807) is 0 Å². The Balaban J connectivity index is 1.79. The molecule has 2 aliphatic rings. The Labute approximate surface area is 124 Å². The van der Waals surface area contributed by atoms with E-state index in [0.717, 1.165) is 6.54 Å². The molecule has 3 N–H and O–H groups in total. The van der Waals surface area contributed by atoms with Crippen LogP contribution in [-0.2, 0) is 19.4 Å². The molecule has 2 aliphatic heterocycles. The summed E-state index contributed by atoms with van der Waals surface area (Å²) in [5.74, 6) is -1.28. The minimum absolute atomic E-state index is 0.0731. The predicted octanol–water partition coefficient (Wildman–Crippen LogP) is -2.61. The molecule has 8 nitrogen and oxygen atoms in total. The van der Waals surface area contributed by atoms with Gasteiger partial charge in [-0.15, -0.1) is 0 Å². The molecule has 0 bridgehead atoms. The standard InChI is InChI=1S/C12H22N4O4S/c13-2-3-15-4-6-16(7-5-15)12(18)11(17)14-10-1-8-21(19,20)9-10/h10H,1-9,13H2,(H,14,17). The van der Waals surface area contributed by atoms with Crippen LogP contribution in [0.15, 0.2) is 0 Å². The quantitative estimate of drug-likeness (QED) is 0.552. The molecule has 0 spiro atoms. The topological polar surface area (TPSA) is 113 Å². The van der Waals surface area contributed by atoms with Gasteiger partial charge in [-0.25, -0.2) is 8.42 Å². The van der Waals surface area contributed by atoms with Gasteiger partial charge in [-0.1, -0.05) is 0 Å². The fourth-order valence-corrected chi connectivity index (χ4v) is 4.33. The SMILES string of the molecule is NCCN1CCN(C(=O)C(=O)NC2CCS(=O)(=O)C2)CC1. The third-order valence-corrected chi connectivity index (χ3v) is 5.63. The molecule has 120 valence electrons. The summed E-state index contributed by atoms with van der Waals surface area (Å²) in [6, 6.07) is -0.440. The largest absolute Gasteiger partial charge is 0.344 e. The first-order valence-electron chi connectivity index (χ1n) is 7.14. The van der Waals surface area contributed by atoms with Crippen LogP contribution in [0, 0.1) is 0 Å². The summed E-state index contributed by atoms with van der Waals surface area (Å²) in [6.45, 7) is 3.76. The van der Waals surface area contributed by atoms with Crippen LogP contribution in [0.2, 0.25) is 0 Å². The average molecular weight is 318 g/mol. The summed E-state index contributed by atoms with van der Waals surface area (Å²) < 4.78 is 22.7. The molecule has 2 heterocycles. The lowest BCUT2D eigenvalue weighted by molar-refractivity contribution is -0.147. The minimum atomic E-state index is -3.06. The number of rotatable bonds is 3. The third kappa shape index (κ3) is 4.39. The second-order valence-corrected chi connectivity index (χ2v) is 7.72. The van der Waals surface area contributed by atoms with Crippen LogP contribution in [0.1, 0.15) is 6.42 Å². The number of sulfone groups is 1. The zero-order chi connectivity index (χ0) is 15.5. The Morgan fingerprint density at radius 3 is 2.38 bits per heavy atom. The highest BCUT2D eigenvalue weighted by Gasteiger charge is 2.32. The molecule has 2 amide bonds. The van der Waals surface area contributed by atoms with Crippen molar-refractivity contribution in [3.8, 4) is 0 Å². The van der Waals surface area contributed by atoms with Gasteiger partial charge in [-0.3, -0.25) is 14.5 Å². The van der Waals surface area contributed by atoms with Crippen molar-refractivity contribution in [2.24, 2.45) is 5.73 Å². The smallest absolute Gasteiger partial charge is 0.311 e. The first-order valence-corrected chi connectivity index (χ1v) is 8.96. The Morgan fingerprint density at radius 2 is 1.86 bits per heavy atom. The Hall–Kier alpha value is -1.19. The van der Waals surface area contributed by atoms with Gasteiger partial charge in [0.15, 0.2) is 9.84 Å². The van der Waals surface area contributed by atoms with Crippen molar-refractivity contribution in [3.63, 3.8) is 0 Å². The molecule has 0 radical (unpaired) electrons. The van der Waals surface area contributed by atoms with Crippen molar-refractivity contribution in [1.29, 1.82) is 0 Å². The maximum atomic E-state index is 12.0. The summed E-state index contributed by atoms with van der Waals surface area (Å²) in [5, 5.41) is 2.53. The van der Waals surface area contributed by atoms with Crippen LogP contribution in [0.3, 0.4) is 0 Å². The van der Waals surface area contributed by atoms with E-state index < -0.39 is 27.7 Å². The molecule has 1 unspecified atom stereocenters. The Morgan fingerprint density at radius 1 is 1.19 bits per heavy atom. The average Bonchev–Trinajstić information content (AvgIpc) is 2.78. The van der Waals surface area contributed by atoms with Crippen LogP contribution in [-0.4, -0.2) is 86.8 Å². The Kier molecular flexibility index (Phi) is 5.17. The molecule has 2 rings (SSSR count). The third-order valence-electron chi connectivity index (χ3n) is 3.87. The van der Waals surface area contributed by atoms with E-state index in [2.05, 4.69) is 10.2 Å². The predicted molar refractivity (Wildman–Crippen MR) is 77.3 cm³/mol. The molecular formula is C12H22N4O4S. The number of piperazine rings is 1. The van der Waals surface area contributed by atoms with Crippen molar-refractivity contribution in [3.05, 3.63) is 0 Å². The van der Waals surface area contributed by atoms with E-state index in [-0.39, 0.29) is 11.5 Å². The summed E-state index contributed by atoms with van der Waals surface area (Å²) in [5.41, 5.74) is 5.48. The maximum Gasteiger partial charge on any atom is 0.311 e. The normalized spacial score (nSPS) is 25.8. The molecular weight excluding hydrogens is 296 g/mol. The van der Waals surface area contributed by atoms with Gasteiger partial charge in [-0.2, -0.15) is 0 Å². The van der Waals surface area contributed by atoms with Crippen LogP contribution >= 0.6 is 0 Å². The number of nitrogens with one attached hydrogen (secondary N) is 1. The van der Waals surface area contributed by atoms with Crippen molar-refractivity contribution < 1.29 is 18.0 Å².